The predicted octanol–water partition coefficient (Wildman–Crippen LogP) is 2.71. The van der Waals surface area contributed by atoms with E-state index < -0.39 is 0 Å². The summed E-state index contributed by atoms with van der Waals surface area (Å²) < 4.78 is 5.30. The zero-order valence-corrected chi connectivity index (χ0v) is 12.7. The summed E-state index contributed by atoms with van der Waals surface area (Å²) in [6.07, 6.45) is 1.41. The van der Waals surface area contributed by atoms with Gasteiger partial charge in [-0.2, -0.15) is 5.26 Å². The molecule has 0 radical (unpaired) electrons. The average molecular weight is 275 g/mol. The monoisotopic (exact) mass is 275 g/mol. The maximum atomic E-state index is 8.81. The number of likely N-dealkylation sites (N-methyl/N-ethyl adjacent to an activating group) is 1. The second-order valence-electron chi connectivity index (χ2n) is 4.83. The third-order valence-corrected chi connectivity index (χ3v) is 3.62. The van der Waals surface area contributed by atoms with E-state index in [1.165, 1.54) is 0 Å². The fourth-order valence-corrected chi connectivity index (χ4v) is 2.47. The molecule has 1 aromatic carbocycles. The van der Waals surface area contributed by atoms with E-state index in [0.717, 1.165) is 30.8 Å². The highest BCUT2D eigenvalue weighted by Crippen LogP contribution is 2.27. The van der Waals surface area contributed by atoms with Crippen molar-refractivity contribution in [3.63, 3.8) is 0 Å². The summed E-state index contributed by atoms with van der Waals surface area (Å²) in [5.41, 5.74) is 7.47. The molecule has 0 aliphatic heterocycles. The second-order valence-corrected chi connectivity index (χ2v) is 4.83. The Morgan fingerprint density at radius 3 is 2.70 bits per heavy atom. The summed E-state index contributed by atoms with van der Waals surface area (Å²) in [5.74, 6) is 0.840. The highest BCUT2D eigenvalue weighted by Gasteiger charge is 2.24. The Morgan fingerprint density at radius 2 is 2.15 bits per heavy atom. The van der Waals surface area contributed by atoms with Gasteiger partial charge in [-0.3, -0.25) is 4.90 Å². The molecule has 0 saturated heterocycles. The lowest BCUT2D eigenvalue weighted by Gasteiger charge is -2.34. The number of methoxy groups -OCH3 is 1. The van der Waals surface area contributed by atoms with Crippen LogP contribution >= 0.6 is 0 Å². The molecule has 1 rings (SSSR count). The van der Waals surface area contributed by atoms with E-state index in [1.807, 2.05) is 18.2 Å². The molecule has 1 aromatic rings. The van der Waals surface area contributed by atoms with Crippen LogP contribution in [0.5, 0.6) is 5.75 Å². The molecule has 0 amide bonds. The van der Waals surface area contributed by atoms with Crippen molar-refractivity contribution in [1.29, 1.82) is 5.26 Å². The zero-order chi connectivity index (χ0) is 15.0. The van der Waals surface area contributed by atoms with Crippen molar-refractivity contribution in [2.24, 2.45) is 5.73 Å². The first-order valence-electron chi connectivity index (χ1n) is 7.18. The Labute approximate surface area is 122 Å². The molecule has 2 atom stereocenters. The largest absolute Gasteiger partial charge is 0.497 e. The summed E-state index contributed by atoms with van der Waals surface area (Å²) >= 11 is 0. The molecule has 4 heteroatoms. The number of nitriles is 1. The topological polar surface area (TPSA) is 62.3 Å². The van der Waals surface area contributed by atoms with Crippen LogP contribution in [0.1, 0.15) is 38.3 Å². The Morgan fingerprint density at radius 1 is 1.40 bits per heavy atom. The number of benzene rings is 1. The second kappa shape index (κ2) is 8.57. The molecule has 2 unspecified atom stereocenters. The van der Waals surface area contributed by atoms with Crippen molar-refractivity contribution in [3.8, 4) is 11.8 Å². The lowest BCUT2D eigenvalue weighted by Crippen LogP contribution is -2.41. The Kier molecular flexibility index (Phi) is 7.06. The van der Waals surface area contributed by atoms with E-state index in [9.17, 15) is 0 Å². The molecule has 0 saturated carbocycles. The summed E-state index contributed by atoms with van der Waals surface area (Å²) in [7, 11) is 1.67. The van der Waals surface area contributed by atoms with Gasteiger partial charge >= 0.3 is 0 Å². The van der Waals surface area contributed by atoms with Crippen molar-refractivity contribution in [1.82, 2.24) is 4.90 Å². The van der Waals surface area contributed by atoms with E-state index in [4.69, 9.17) is 15.7 Å². The summed E-state index contributed by atoms with van der Waals surface area (Å²) in [6, 6.07) is 10.4. The van der Waals surface area contributed by atoms with Crippen LogP contribution in [0, 0.1) is 11.3 Å². The van der Waals surface area contributed by atoms with Gasteiger partial charge in [-0.05, 0) is 30.7 Å². The van der Waals surface area contributed by atoms with Crippen LogP contribution < -0.4 is 10.5 Å². The van der Waals surface area contributed by atoms with Crippen LogP contribution in [0.15, 0.2) is 24.3 Å². The van der Waals surface area contributed by atoms with Crippen LogP contribution in [-0.2, 0) is 0 Å². The minimum atomic E-state index is 0.0424. The van der Waals surface area contributed by atoms with Gasteiger partial charge in [-0.15, -0.1) is 0 Å². The Balaban J connectivity index is 3.06. The Bertz CT molecular complexity index is 442. The Hall–Kier alpha value is -1.57. The van der Waals surface area contributed by atoms with Gasteiger partial charge < -0.3 is 10.5 Å². The first-order chi connectivity index (χ1) is 9.67. The number of nitrogens with two attached hydrogens (primary N) is 1. The van der Waals surface area contributed by atoms with Gasteiger partial charge in [0.1, 0.15) is 5.75 Å². The molecule has 2 N–H and O–H groups in total. The average Bonchev–Trinajstić information content (AvgIpc) is 2.50. The van der Waals surface area contributed by atoms with E-state index >= 15 is 0 Å². The molecule has 0 bridgehead atoms. The van der Waals surface area contributed by atoms with Crippen LogP contribution in [0.3, 0.4) is 0 Å². The molecular weight excluding hydrogens is 250 g/mol. The van der Waals surface area contributed by atoms with Gasteiger partial charge in [0.2, 0.25) is 0 Å². The highest BCUT2D eigenvalue weighted by atomic mass is 16.5. The lowest BCUT2D eigenvalue weighted by molar-refractivity contribution is 0.181. The third kappa shape index (κ3) is 4.22. The van der Waals surface area contributed by atoms with Crippen molar-refractivity contribution < 1.29 is 4.74 Å². The molecule has 0 spiro atoms. The molecule has 110 valence electrons. The number of hydrogen-bond donors (Lipinski definition) is 1. The maximum Gasteiger partial charge on any atom is 0.119 e. The first-order valence-corrected chi connectivity index (χ1v) is 7.18. The molecule has 0 aliphatic rings. The normalized spacial score (nSPS) is 13.8. The van der Waals surface area contributed by atoms with E-state index in [1.54, 1.807) is 7.11 Å². The lowest BCUT2D eigenvalue weighted by atomic mass is 9.96. The maximum absolute atomic E-state index is 8.81. The smallest absolute Gasteiger partial charge is 0.119 e. The molecular formula is C16H25N3O. The predicted molar refractivity (Wildman–Crippen MR) is 81.5 cm³/mol. The number of ether oxygens (including phenoxy) is 1. The molecule has 0 aromatic heterocycles. The van der Waals surface area contributed by atoms with Crippen LogP contribution in [0.25, 0.3) is 0 Å². The molecule has 0 fully saturated rings. The minimum Gasteiger partial charge on any atom is -0.497 e. The molecule has 0 heterocycles. The van der Waals surface area contributed by atoms with Crippen molar-refractivity contribution in [3.05, 3.63) is 29.8 Å². The number of rotatable bonds is 8. The third-order valence-electron chi connectivity index (χ3n) is 3.62. The fourth-order valence-electron chi connectivity index (χ4n) is 2.47. The van der Waals surface area contributed by atoms with E-state index in [-0.39, 0.29) is 12.1 Å². The van der Waals surface area contributed by atoms with Crippen LogP contribution in [0.4, 0.5) is 0 Å². The minimum absolute atomic E-state index is 0.0424. The summed E-state index contributed by atoms with van der Waals surface area (Å²) in [4.78, 5) is 2.27. The first kappa shape index (κ1) is 16.5. The van der Waals surface area contributed by atoms with E-state index in [2.05, 4.69) is 30.9 Å². The SMILES string of the molecule is CCC(N)C(c1cccc(OC)c1)N(CC)CCC#N. The van der Waals surface area contributed by atoms with Gasteiger partial charge in [-0.25, -0.2) is 0 Å². The molecule has 0 aliphatic carbocycles. The summed E-state index contributed by atoms with van der Waals surface area (Å²) in [6.45, 7) is 5.81. The fraction of sp³-hybridized carbons (Fsp3) is 0.562. The van der Waals surface area contributed by atoms with Gasteiger partial charge in [0, 0.05) is 19.0 Å². The quantitative estimate of drug-likeness (QED) is 0.792. The van der Waals surface area contributed by atoms with Gasteiger partial charge in [-0.1, -0.05) is 26.0 Å². The van der Waals surface area contributed by atoms with Crippen LogP contribution in [-0.4, -0.2) is 31.1 Å². The number of hydrogen-bond acceptors (Lipinski definition) is 4. The summed E-state index contributed by atoms with van der Waals surface area (Å²) in [5, 5.41) is 8.81. The highest BCUT2D eigenvalue weighted by molar-refractivity contribution is 5.31. The van der Waals surface area contributed by atoms with Crippen molar-refractivity contribution in [2.45, 2.75) is 38.8 Å². The number of nitrogens with zero attached hydrogens (tertiary/aromatic N) is 2. The zero-order valence-electron chi connectivity index (χ0n) is 12.7. The van der Waals surface area contributed by atoms with Gasteiger partial charge in [0.15, 0.2) is 0 Å². The van der Waals surface area contributed by atoms with Crippen molar-refractivity contribution in [2.75, 3.05) is 20.2 Å². The standard InChI is InChI=1S/C16H25N3O/c1-4-15(18)16(19(5-2)11-7-10-17)13-8-6-9-14(12-13)20-3/h6,8-9,12,15-16H,4-5,7,11,18H2,1-3H3. The van der Waals surface area contributed by atoms with Crippen LogP contribution in [0.2, 0.25) is 0 Å². The molecule has 4 nitrogen and oxygen atoms in total. The van der Waals surface area contributed by atoms with Crippen molar-refractivity contribution >= 4 is 0 Å². The van der Waals surface area contributed by atoms with Gasteiger partial charge in [0.25, 0.3) is 0 Å². The molecule has 20 heavy (non-hydrogen) atoms. The van der Waals surface area contributed by atoms with Gasteiger partial charge in [0.05, 0.1) is 19.2 Å². The van der Waals surface area contributed by atoms with E-state index in [0.29, 0.717) is 6.42 Å².